The summed E-state index contributed by atoms with van der Waals surface area (Å²) in [5.41, 5.74) is 10.8. The molecule has 5 N–H and O–H groups in total. The van der Waals surface area contributed by atoms with Crippen LogP contribution in [0.2, 0.25) is 0 Å². The van der Waals surface area contributed by atoms with Gasteiger partial charge in [-0.25, -0.2) is 4.99 Å². The van der Waals surface area contributed by atoms with Crippen molar-refractivity contribution in [2.24, 2.45) is 16.5 Å². The maximum Gasteiger partial charge on any atom is 0.276 e. The van der Waals surface area contributed by atoms with E-state index in [0.29, 0.717) is 18.7 Å². The molecular formula is C6H10N4O. The predicted octanol–water partition coefficient (Wildman–Crippen LogP) is -1.34. The van der Waals surface area contributed by atoms with E-state index < -0.39 is 0 Å². The van der Waals surface area contributed by atoms with Crippen LogP contribution in [0.15, 0.2) is 16.8 Å². The monoisotopic (exact) mass is 154 g/mol. The molecule has 0 aromatic heterocycles. The zero-order chi connectivity index (χ0) is 8.27. The number of nitrogens with zero attached hydrogens (tertiary/aromatic N) is 1. The zero-order valence-electron chi connectivity index (χ0n) is 6.00. The van der Waals surface area contributed by atoms with Gasteiger partial charge in [0.05, 0.1) is 0 Å². The maximum absolute atomic E-state index is 10.9. The van der Waals surface area contributed by atoms with Gasteiger partial charge in [-0.15, -0.1) is 0 Å². The summed E-state index contributed by atoms with van der Waals surface area (Å²) in [5.74, 6) is -0.103. The Morgan fingerprint density at radius 1 is 1.64 bits per heavy atom. The summed E-state index contributed by atoms with van der Waals surface area (Å²) in [5, 5.41) is 2.36. The number of hydrogen-bond donors (Lipinski definition) is 3. The summed E-state index contributed by atoms with van der Waals surface area (Å²) in [6, 6.07) is 0. The molecule has 0 saturated heterocycles. The average molecular weight is 154 g/mol. The number of carbonyl (C=O) groups is 1. The summed E-state index contributed by atoms with van der Waals surface area (Å²) in [6.07, 6.45) is 2.30. The van der Waals surface area contributed by atoms with E-state index in [9.17, 15) is 4.79 Å². The molecular weight excluding hydrogens is 144 g/mol. The van der Waals surface area contributed by atoms with Gasteiger partial charge < -0.3 is 11.5 Å². The Labute approximate surface area is 64.2 Å². The van der Waals surface area contributed by atoms with E-state index in [1.807, 2.05) is 0 Å². The summed E-state index contributed by atoms with van der Waals surface area (Å²) >= 11 is 0. The number of carbonyl (C=O) groups excluding carboxylic acids is 1. The lowest BCUT2D eigenvalue weighted by molar-refractivity contribution is -0.115. The number of amides is 1. The van der Waals surface area contributed by atoms with Crippen molar-refractivity contribution in [2.45, 2.75) is 6.42 Å². The van der Waals surface area contributed by atoms with E-state index in [4.69, 9.17) is 11.5 Å². The molecule has 0 aromatic rings. The van der Waals surface area contributed by atoms with Gasteiger partial charge in [-0.05, 0) is 13.0 Å². The molecule has 0 spiro atoms. The highest BCUT2D eigenvalue weighted by molar-refractivity contribution is 6.10. The molecule has 5 heteroatoms. The number of guanidine groups is 1. The lowest BCUT2D eigenvalue weighted by Gasteiger charge is -1.89. The van der Waals surface area contributed by atoms with Crippen LogP contribution in [-0.4, -0.2) is 18.4 Å². The molecule has 0 bridgehead atoms. The van der Waals surface area contributed by atoms with Crippen molar-refractivity contribution in [3.63, 3.8) is 0 Å². The molecule has 1 rings (SSSR count). The van der Waals surface area contributed by atoms with Crippen LogP contribution >= 0.6 is 0 Å². The molecule has 0 saturated carbocycles. The van der Waals surface area contributed by atoms with Gasteiger partial charge in [0, 0.05) is 0 Å². The molecule has 0 radical (unpaired) electrons. The number of aliphatic imine (C=N–C) groups is 1. The van der Waals surface area contributed by atoms with Crippen LogP contribution in [0.5, 0.6) is 0 Å². The Balaban J connectivity index is 2.65. The molecule has 11 heavy (non-hydrogen) atoms. The SMILES string of the molecule is NCC/C=C1\N=C(N)NC1=O. The largest absolute Gasteiger partial charge is 0.369 e. The lowest BCUT2D eigenvalue weighted by Crippen LogP contribution is -2.30. The van der Waals surface area contributed by atoms with Crippen molar-refractivity contribution >= 4 is 11.9 Å². The Bertz CT molecular complexity index is 231. The molecule has 1 amide bonds. The van der Waals surface area contributed by atoms with E-state index in [2.05, 4.69) is 10.3 Å². The normalized spacial score (nSPS) is 20.3. The fraction of sp³-hybridized carbons (Fsp3) is 0.333. The van der Waals surface area contributed by atoms with E-state index in [1.165, 1.54) is 0 Å². The van der Waals surface area contributed by atoms with E-state index >= 15 is 0 Å². The summed E-state index contributed by atoms with van der Waals surface area (Å²) in [7, 11) is 0. The van der Waals surface area contributed by atoms with Crippen LogP contribution in [-0.2, 0) is 4.79 Å². The second kappa shape index (κ2) is 3.16. The average Bonchev–Trinajstić information content (AvgIpc) is 2.26. The molecule has 5 nitrogen and oxygen atoms in total. The summed E-state index contributed by atoms with van der Waals surface area (Å²) < 4.78 is 0. The highest BCUT2D eigenvalue weighted by atomic mass is 16.2. The van der Waals surface area contributed by atoms with Crippen LogP contribution in [0.4, 0.5) is 0 Å². The molecule has 1 aliphatic heterocycles. The van der Waals surface area contributed by atoms with Gasteiger partial charge in [-0.3, -0.25) is 10.1 Å². The second-order valence-corrected chi connectivity index (χ2v) is 2.12. The van der Waals surface area contributed by atoms with Gasteiger partial charge in [-0.2, -0.15) is 0 Å². The van der Waals surface area contributed by atoms with E-state index in [-0.39, 0.29) is 11.9 Å². The highest BCUT2D eigenvalue weighted by Crippen LogP contribution is 2.03. The van der Waals surface area contributed by atoms with Crippen molar-refractivity contribution in [1.29, 1.82) is 0 Å². The second-order valence-electron chi connectivity index (χ2n) is 2.12. The molecule has 0 aromatic carbocycles. The lowest BCUT2D eigenvalue weighted by atomic mass is 10.3. The van der Waals surface area contributed by atoms with Crippen LogP contribution in [0, 0.1) is 0 Å². The first-order valence-electron chi connectivity index (χ1n) is 3.30. The molecule has 1 heterocycles. The number of rotatable bonds is 2. The molecule has 1 aliphatic rings. The first-order chi connectivity index (χ1) is 5.24. The Kier molecular flexibility index (Phi) is 2.22. The van der Waals surface area contributed by atoms with Gasteiger partial charge >= 0.3 is 0 Å². The predicted molar refractivity (Wildman–Crippen MR) is 41.5 cm³/mol. The molecule has 0 aliphatic carbocycles. The number of nitrogens with one attached hydrogen (secondary N) is 1. The van der Waals surface area contributed by atoms with Gasteiger partial charge in [0.2, 0.25) is 5.96 Å². The quantitative estimate of drug-likeness (QED) is 0.430. The van der Waals surface area contributed by atoms with Gasteiger partial charge in [0.1, 0.15) is 5.70 Å². The molecule has 0 unspecified atom stereocenters. The van der Waals surface area contributed by atoms with Crippen LogP contribution in [0.1, 0.15) is 6.42 Å². The first-order valence-corrected chi connectivity index (χ1v) is 3.30. The van der Waals surface area contributed by atoms with Gasteiger partial charge in [-0.1, -0.05) is 6.08 Å². The topological polar surface area (TPSA) is 93.5 Å². The van der Waals surface area contributed by atoms with Crippen molar-refractivity contribution in [3.05, 3.63) is 11.8 Å². The molecule has 0 fully saturated rings. The fourth-order valence-electron chi connectivity index (χ4n) is 0.747. The summed E-state index contributed by atoms with van der Waals surface area (Å²) in [4.78, 5) is 14.6. The smallest absolute Gasteiger partial charge is 0.276 e. The third kappa shape index (κ3) is 1.78. The third-order valence-corrected chi connectivity index (χ3v) is 1.22. The Morgan fingerprint density at radius 2 is 2.36 bits per heavy atom. The van der Waals surface area contributed by atoms with Crippen molar-refractivity contribution in [3.8, 4) is 0 Å². The van der Waals surface area contributed by atoms with Crippen LogP contribution in [0.25, 0.3) is 0 Å². The van der Waals surface area contributed by atoms with E-state index in [0.717, 1.165) is 0 Å². The maximum atomic E-state index is 10.9. The van der Waals surface area contributed by atoms with E-state index in [1.54, 1.807) is 6.08 Å². The zero-order valence-corrected chi connectivity index (χ0v) is 6.00. The molecule has 0 atom stereocenters. The van der Waals surface area contributed by atoms with Crippen molar-refractivity contribution in [2.75, 3.05) is 6.54 Å². The molecule has 60 valence electrons. The Hall–Kier alpha value is -1.36. The van der Waals surface area contributed by atoms with Gasteiger partial charge in [0.15, 0.2) is 0 Å². The first kappa shape index (κ1) is 7.74. The van der Waals surface area contributed by atoms with Crippen LogP contribution < -0.4 is 16.8 Å². The standard InChI is InChI=1S/C6H10N4O/c7-3-1-2-4-5(11)10-6(8)9-4/h2H,1,3,7H2,(H3,8,9,10,11)/b4-2-. The minimum atomic E-state index is -0.254. The van der Waals surface area contributed by atoms with Crippen molar-refractivity contribution in [1.82, 2.24) is 5.32 Å². The fourth-order valence-corrected chi connectivity index (χ4v) is 0.747. The minimum absolute atomic E-state index is 0.151. The van der Waals surface area contributed by atoms with Crippen LogP contribution in [0.3, 0.4) is 0 Å². The van der Waals surface area contributed by atoms with Crippen molar-refractivity contribution < 1.29 is 4.79 Å². The Morgan fingerprint density at radius 3 is 2.82 bits per heavy atom. The third-order valence-electron chi connectivity index (χ3n) is 1.22. The highest BCUT2D eigenvalue weighted by Gasteiger charge is 2.16. The minimum Gasteiger partial charge on any atom is -0.369 e. The van der Waals surface area contributed by atoms with Gasteiger partial charge in [0.25, 0.3) is 5.91 Å². The number of hydrogen-bond acceptors (Lipinski definition) is 4. The number of nitrogens with two attached hydrogens (primary N) is 2. The summed E-state index contributed by atoms with van der Waals surface area (Å²) in [6.45, 7) is 0.506.